The molecule has 0 saturated carbocycles. The molecule has 0 saturated heterocycles. The molecular weight excluding hydrogens is 433 g/mol. The van der Waals surface area contributed by atoms with Crippen molar-refractivity contribution in [1.29, 1.82) is 0 Å². The third kappa shape index (κ3) is 6.68. The fourth-order valence-corrected chi connectivity index (χ4v) is 2.21. The van der Waals surface area contributed by atoms with Gasteiger partial charge in [-0.05, 0) is 30.4 Å². The van der Waals surface area contributed by atoms with Gasteiger partial charge in [0.1, 0.15) is 6.17 Å². The van der Waals surface area contributed by atoms with Crippen molar-refractivity contribution in [1.82, 2.24) is 10.6 Å². The van der Waals surface area contributed by atoms with Crippen LogP contribution < -0.4 is 16.0 Å². The van der Waals surface area contributed by atoms with Crippen LogP contribution >= 0.6 is 58.6 Å². The van der Waals surface area contributed by atoms with Crippen LogP contribution in [-0.2, 0) is 11.0 Å². The maximum absolute atomic E-state index is 12.7. The highest BCUT2D eigenvalue weighted by molar-refractivity contribution is 7.80. The maximum Gasteiger partial charge on any atom is 0.416 e. The largest absolute Gasteiger partial charge is 0.416 e. The van der Waals surface area contributed by atoms with E-state index in [1.54, 1.807) is 0 Å². The lowest BCUT2D eigenvalue weighted by Crippen LogP contribution is -2.55. The van der Waals surface area contributed by atoms with Gasteiger partial charge < -0.3 is 16.0 Å². The highest BCUT2D eigenvalue weighted by atomic mass is 35.6. The van der Waals surface area contributed by atoms with E-state index < -0.39 is 27.6 Å². The van der Waals surface area contributed by atoms with Crippen molar-refractivity contribution < 1.29 is 18.0 Å². The molecule has 3 N–H and O–H groups in total. The van der Waals surface area contributed by atoms with Gasteiger partial charge >= 0.3 is 6.18 Å². The lowest BCUT2D eigenvalue weighted by atomic mass is 10.2. The van der Waals surface area contributed by atoms with Crippen LogP contribution in [0.1, 0.15) is 12.5 Å². The summed E-state index contributed by atoms with van der Waals surface area (Å²) >= 11 is 27.9. The molecule has 134 valence electrons. The molecule has 0 unspecified atom stereocenters. The number of anilines is 1. The molecule has 24 heavy (non-hydrogen) atoms. The first kappa shape index (κ1) is 21.4. The fourth-order valence-electron chi connectivity index (χ4n) is 1.49. The van der Waals surface area contributed by atoms with E-state index in [9.17, 15) is 18.0 Å². The zero-order chi connectivity index (χ0) is 18.7. The SMILES string of the molecule is CC(=O)N[C@@H](NC(=S)Nc1cc(C(F)(F)F)ccc1Cl)C(Cl)(Cl)Cl. The van der Waals surface area contributed by atoms with Gasteiger partial charge in [0.05, 0.1) is 16.3 Å². The van der Waals surface area contributed by atoms with Gasteiger partial charge in [-0.1, -0.05) is 46.4 Å². The topological polar surface area (TPSA) is 53.2 Å². The highest BCUT2D eigenvalue weighted by Crippen LogP contribution is 2.34. The van der Waals surface area contributed by atoms with Crippen LogP contribution in [0.2, 0.25) is 5.02 Å². The standard InChI is InChI=1S/C12H10Cl4F3N3OS/c1-5(23)20-9(11(14,15)16)22-10(24)21-8-4-6(12(17,18)19)2-3-7(8)13/h2-4,9H,1H3,(H,20,23)(H2,21,22,24)/t9-/m0/s1. The molecule has 0 aliphatic heterocycles. The zero-order valence-electron chi connectivity index (χ0n) is 11.8. The van der Waals surface area contributed by atoms with E-state index >= 15 is 0 Å². The van der Waals surface area contributed by atoms with Crippen LogP contribution in [0.5, 0.6) is 0 Å². The molecule has 0 spiro atoms. The Hall–Kier alpha value is -0.670. The minimum absolute atomic E-state index is 0.00268. The summed E-state index contributed by atoms with van der Waals surface area (Å²) in [6.45, 7) is 1.19. The average molecular weight is 443 g/mol. The number of rotatable bonds is 3. The number of nitrogens with one attached hydrogen (secondary N) is 3. The van der Waals surface area contributed by atoms with E-state index in [0.717, 1.165) is 18.2 Å². The molecule has 0 fully saturated rings. The summed E-state index contributed by atoms with van der Waals surface area (Å²) in [5.41, 5.74) is -1.02. The molecule has 12 heteroatoms. The van der Waals surface area contributed by atoms with Crippen LogP contribution in [0.25, 0.3) is 0 Å². The molecule has 0 heterocycles. The zero-order valence-corrected chi connectivity index (χ0v) is 15.6. The van der Waals surface area contributed by atoms with E-state index in [4.69, 9.17) is 58.6 Å². The quantitative estimate of drug-likeness (QED) is 0.367. The van der Waals surface area contributed by atoms with Crippen molar-refractivity contribution in [3.05, 3.63) is 28.8 Å². The van der Waals surface area contributed by atoms with Crippen molar-refractivity contribution >= 4 is 75.3 Å². The van der Waals surface area contributed by atoms with Gasteiger partial charge in [-0.25, -0.2) is 0 Å². The molecule has 1 aromatic rings. The van der Waals surface area contributed by atoms with Gasteiger partial charge in [0.15, 0.2) is 5.11 Å². The lowest BCUT2D eigenvalue weighted by molar-refractivity contribution is -0.137. The smallest absolute Gasteiger partial charge is 0.339 e. The summed E-state index contributed by atoms with van der Waals surface area (Å²) < 4.78 is 36.2. The van der Waals surface area contributed by atoms with Crippen molar-refractivity contribution in [3.8, 4) is 0 Å². The summed E-state index contributed by atoms with van der Waals surface area (Å²) in [5, 5.41) is 7.03. The van der Waals surface area contributed by atoms with Gasteiger partial charge in [-0.3, -0.25) is 4.79 Å². The number of amides is 1. The van der Waals surface area contributed by atoms with Crippen molar-refractivity contribution in [2.24, 2.45) is 0 Å². The van der Waals surface area contributed by atoms with Gasteiger partial charge in [-0.2, -0.15) is 13.2 Å². The molecule has 4 nitrogen and oxygen atoms in total. The summed E-state index contributed by atoms with van der Waals surface area (Å²) in [7, 11) is 0. The molecular formula is C12H10Cl4F3N3OS. The van der Waals surface area contributed by atoms with Crippen molar-refractivity contribution in [2.75, 3.05) is 5.32 Å². The van der Waals surface area contributed by atoms with Crippen LogP contribution in [0.15, 0.2) is 18.2 Å². The Balaban J connectivity index is 2.92. The number of carbonyl (C=O) groups is 1. The number of thiocarbonyl (C=S) groups is 1. The molecule has 1 amide bonds. The number of hydrogen-bond acceptors (Lipinski definition) is 2. The molecule has 0 radical (unpaired) electrons. The minimum atomic E-state index is -4.55. The predicted octanol–water partition coefficient (Wildman–Crippen LogP) is 4.48. The second-order valence-corrected chi connectivity index (χ2v) is 7.65. The van der Waals surface area contributed by atoms with Gasteiger partial charge in [0.2, 0.25) is 9.70 Å². The van der Waals surface area contributed by atoms with E-state index in [-0.39, 0.29) is 15.8 Å². The predicted molar refractivity (Wildman–Crippen MR) is 93.7 cm³/mol. The first-order chi connectivity index (χ1) is 10.8. The summed E-state index contributed by atoms with van der Waals surface area (Å²) in [5.74, 6) is -0.515. The van der Waals surface area contributed by atoms with Gasteiger partial charge in [0, 0.05) is 6.92 Å². The summed E-state index contributed by atoms with van der Waals surface area (Å²) in [6, 6.07) is 2.67. The summed E-state index contributed by atoms with van der Waals surface area (Å²) in [6.07, 6.45) is -5.77. The minimum Gasteiger partial charge on any atom is -0.339 e. The Bertz CT molecular complexity index is 637. The van der Waals surface area contributed by atoms with Crippen LogP contribution in [-0.4, -0.2) is 21.0 Å². The Kier molecular flexibility index (Phi) is 7.25. The third-order valence-corrected chi connectivity index (χ3v) is 3.70. The van der Waals surface area contributed by atoms with E-state index in [1.807, 2.05) is 0 Å². The normalized spacial score (nSPS) is 13.2. The van der Waals surface area contributed by atoms with Gasteiger partial charge in [-0.15, -0.1) is 0 Å². The Labute approximate surface area is 161 Å². The van der Waals surface area contributed by atoms with Crippen LogP contribution in [0.3, 0.4) is 0 Å². The number of carbonyl (C=O) groups excluding carboxylic acids is 1. The average Bonchev–Trinajstić information content (AvgIpc) is 2.37. The highest BCUT2D eigenvalue weighted by Gasteiger charge is 2.34. The number of alkyl halides is 6. The molecule has 0 aliphatic carbocycles. The van der Waals surface area contributed by atoms with Crippen molar-refractivity contribution in [3.63, 3.8) is 0 Å². The van der Waals surface area contributed by atoms with Gasteiger partial charge in [0.25, 0.3) is 0 Å². The van der Waals surface area contributed by atoms with Crippen molar-refractivity contribution in [2.45, 2.75) is 23.1 Å². The Morgan fingerprint density at radius 1 is 1.21 bits per heavy atom. The number of hydrogen-bond donors (Lipinski definition) is 3. The van der Waals surface area contributed by atoms with Crippen LogP contribution in [0.4, 0.5) is 18.9 Å². The molecule has 1 rings (SSSR count). The van der Waals surface area contributed by atoms with Crippen LogP contribution in [0, 0.1) is 0 Å². The second kappa shape index (κ2) is 8.14. The first-order valence-electron chi connectivity index (χ1n) is 6.09. The number of benzene rings is 1. The number of halogens is 7. The summed E-state index contributed by atoms with van der Waals surface area (Å²) in [4.78, 5) is 11.1. The first-order valence-corrected chi connectivity index (χ1v) is 8.01. The molecule has 0 aromatic heterocycles. The Morgan fingerprint density at radius 2 is 1.79 bits per heavy atom. The maximum atomic E-state index is 12.7. The second-order valence-electron chi connectivity index (χ2n) is 4.47. The fraction of sp³-hybridized carbons (Fsp3) is 0.333. The molecule has 1 atom stereocenters. The monoisotopic (exact) mass is 441 g/mol. The van der Waals surface area contributed by atoms with E-state index in [2.05, 4.69) is 16.0 Å². The lowest BCUT2D eigenvalue weighted by Gasteiger charge is -2.27. The third-order valence-electron chi connectivity index (χ3n) is 2.49. The Morgan fingerprint density at radius 3 is 2.25 bits per heavy atom. The van der Waals surface area contributed by atoms with E-state index in [0.29, 0.717) is 0 Å². The molecule has 1 aromatic carbocycles. The molecule has 0 aliphatic rings. The van der Waals surface area contributed by atoms with E-state index in [1.165, 1.54) is 6.92 Å². The molecule has 0 bridgehead atoms.